The Balaban J connectivity index is 3.58. The standard InChI is InChI=1S/C9H21B/c1-4-6-7-9(3,5-2)8-10/h4-8,10H2,1-3H3. The Bertz CT molecular complexity index is 74.8. The molecule has 0 saturated heterocycles. The molecule has 0 aliphatic carbocycles. The lowest BCUT2D eigenvalue weighted by Gasteiger charge is -2.26. The maximum Gasteiger partial charge on any atom is 0.102 e. The third-order valence-electron chi connectivity index (χ3n) is 2.84. The van der Waals surface area contributed by atoms with Crippen LogP contribution in [0, 0.1) is 5.41 Å². The van der Waals surface area contributed by atoms with Crippen molar-refractivity contribution in [3.05, 3.63) is 0 Å². The number of hydrogen-bond acceptors (Lipinski definition) is 0. The Labute approximate surface area is 66.8 Å². The summed E-state index contributed by atoms with van der Waals surface area (Å²) in [6.07, 6.45) is 6.83. The minimum atomic E-state index is 0.635. The quantitative estimate of drug-likeness (QED) is 0.515. The Hall–Kier alpha value is 0.0649. The second kappa shape index (κ2) is 4.82. The van der Waals surface area contributed by atoms with Crippen molar-refractivity contribution >= 4 is 7.85 Å². The van der Waals surface area contributed by atoms with Gasteiger partial charge < -0.3 is 0 Å². The fourth-order valence-corrected chi connectivity index (χ4v) is 1.21. The molecule has 0 N–H and O–H groups in total. The molecule has 10 heavy (non-hydrogen) atoms. The van der Waals surface area contributed by atoms with E-state index in [2.05, 4.69) is 28.6 Å². The smallest absolute Gasteiger partial charge is 0.0758 e. The molecule has 0 aliphatic heterocycles. The summed E-state index contributed by atoms with van der Waals surface area (Å²) in [4.78, 5) is 0. The van der Waals surface area contributed by atoms with Crippen LogP contribution in [0.4, 0.5) is 0 Å². The summed E-state index contributed by atoms with van der Waals surface area (Å²) in [5.41, 5.74) is 0.635. The first-order chi connectivity index (χ1) is 4.68. The summed E-state index contributed by atoms with van der Waals surface area (Å²) in [7, 11) is 2.30. The Morgan fingerprint density at radius 3 is 2.20 bits per heavy atom. The van der Waals surface area contributed by atoms with Crippen LogP contribution < -0.4 is 0 Å². The molecule has 0 spiro atoms. The van der Waals surface area contributed by atoms with E-state index in [1.165, 1.54) is 32.0 Å². The summed E-state index contributed by atoms with van der Waals surface area (Å²) in [5.74, 6) is 0. The molecule has 1 heteroatoms. The molecule has 0 aliphatic rings. The Kier molecular flexibility index (Phi) is 4.85. The summed E-state index contributed by atoms with van der Waals surface area (Å²) in [6.45, 7) is 6.98. The second-order valence-electron chi connectivity index (χ2n) is 3.62. The molecular weight excluding hydrogens is 119 g/mol. The monoisotopic (exact) mass is 140 g/mol. The van der Waals surface area contributed by atoms with Crippen LogP contribution in [0.5, 0.6) is 0 Å². The Morgan fingerprint density at radius 1 is 1.30 bits per heavy atom. The molecule has 0 fully saturated rings. The first kappa shape index (κ1) is 10.1. The van der Waals surface area contributed by atoms with Gasteiger partial charge in [0.25, 0.3) is 0 Å². The van der Waals surface area contributed by atoms with Crippen LogP contribution in [-0.2, 0) is 0 Å². The molecule has 60 valence electrons. The van der Waals surface area contributed by atoms with Gasteiger partial charge in [-0.05, 0) is 11.8 Å². The molecule has 0 aromatic rings. The highest BCUT2D eigenvalue weighted by Gasteiger charge is 2.17. The van der Waals surface area contributed by atoms with Gasteiger partial charge in [-0.15, -0.1) is 0 Å². The lowest BCUT2D eigenvalue weighted by atomic mass is 9.72. The van der Waals surface area contributed by atoms with Gasteiger partial charge >= 0.3 is 0 Å². The van der Waals surface area contributed by atoms with Crippen molar-refractivity contribution in [2.45, 2.75) is 52.8 Å². The summed E-state index contributed by atoms with van der Waals surface area (Å²) < 4.78 is 0. The van der Waals surface area contributed by atoms with Crippen molar-refractivity contribution in [1.82, 2.24) is 0 Å². The predicted molar refractivity (Wildman–Crippen MR) is 51.3 cm³/mol. The lowest BCUT2D eigenvalue weighted by Crippen LogP contribution is -2.13. The first-order valence-corrected chi connectivity index (χ1v) is 4.68. The van der Waals surface area contributed by atoms with Gasteiger partial charge in [0.05, 0.1) is 0 Å². The molecule has 0 amide bonds. The van der Waals surface area contributed by atoms with E-state index in [9.17, 15) is 0 Å². The van der Waals surface area contributed by atoms with E-state index in [-0.39, 0.29) is 0 Å². The largest absolute Gasteiger partial charge is 0.102 e. The maximum atomic E-state index is 2.41. The fourth-order valence-electron chi connectivity index (χ4n) is 1.21. The summed E-state index contributed by atoms with van der Waals surface area (Å²) in [5, 5.41) is 0. The van der Waals surface area contributed by atoms with E-state index in [4.69, 9.17) is 0 Å². The molecule has 0 rings (SSSR count). The minimum Gasteiger partial charge on any atom is -0.0758 e. The molecule has 0 heterocycles. The van der Waals surface area contributed by atoms with Crippen LogP contribution in [0.3, 0.4) is 0 Å². The maximum absolute atomic E-state index is 2.41. The van der Waals surface area contributed by atoms with Gasteiger partial charge in [-0.1, -0.05) is 46.4 Å². The SMILES string of the molecule is BCC(C)(CC)CCCC. The van der Waals surface area contributed by atoms with E-state index < -0.39 is 0 Å². The Morgan fingerprint density at radius 2 is 1.90 bits per heavy atom. The zero-order valence-corrected chi connectivity index (χ0v) is 8.04. The van der Waals surface area contributed by atoms with Gasteiger partial charge in [0.1, 0.15) is 7.85 Å². The molecule has 1 atom stereocenters. The molecular formula is C9H21B. The number of rotatable bonds is 5. The van der Waals surface area contributed by atoms with Crippen LogP contribution in [-0.4, -0.2) is 7.85 Å². The van der Waals surface area contributed by atoms with Gasteiger partial charge in [0, 0.05) is 0 Å². The van der Waals surface area contributed by atoms with Gasteiger partial charge in [0.15, 0.2) is 0 Å². The average Bonchev–Trinajstić information content (AvgIpc) is 2.00. The van der Waals surface area contributed by atoms with E-state index in [0.29, 0.717) is 5.41 Å². The third-order valence-corrected chi connectivity index (χ3v) is 2.84. The van der Waals surface area contributed by atoms with Crippen molar-refractivity contribution in [2.24, 2.45) is 5.41 Å². The van der Waals surface area contributed by atoms with Crippen LogP contribution in [0.25, 0.3) is 0 Å². The zero-order valence-electron chi connectivity index (χ0n) is 8.04. The molecule has 0 bridgehead atoms. The van der Waals surface area contributed by atoms with Gasteiger partial charge in [0.2, 0.25) is 0 Å². The van der Waals surface area contributed by atoms with Crippen molar-refractivity contribution in [3.8, 4) is 0 Å². The van der Waals surface area contributed by atoms with E-state index in [1.54, 1.807) is 0 Å². The molecule has 0 nitrogen and oxygen atoms in total. The highest BCUT2D eigenvalue weighted by Crippen LogP contribution is 2.30. The first-order valence-electron chi connectivity index (χ1n) is 4.68. The molecule has 1 unspecified atom stereocenters. The molecule has 0 saturated carbocycles. The van der Waals surface area contributed by atoms with Gasteiger partial charge in [-0.2, -0.15) is 0 Å². The second-order valence-corrected chi connectivity index (χ2v) is 3.62. The van der Waals surface area contributed by atoms with Crippen molar-refractivity contribution in [1.29, 1.82) is 0 Å². The predicted octanol–water partition coefficient (Wildman–Crippen LogP) is 2.64. The topological polar surface area (TPSA) is 0 Å². The van der Waals surface area contributed by atoms with Crippen LogP contribution in [0.1, 0.15) is 46.5 Å². The van der Waals surface area contributed by atoms with Crippen LogP contribution >= 0.6 is 0 Å². The average molecular weight is 140 g/mol. The van der Waals surface area contributed by atoms with Gasteiger partial charge in [-0.25, -0.2) is 0 Å². The van der Waals surface area contributed by atoms with Crippen LogP contribution in [0.2, 0.25) is 6.32 Å². The third kappa shape index (κ3) is 3.29. The highest BCUT2D eigenvalue weighted by molar-refractivity contribution is 6.08. The molecule has 0 radical (unpaired) electrons. The van der Waals surface area contributed by atoms with Crippen molar-refractivity contribution < 1.29 is 0 Å². The van der Waals surface area contributed by atoms with E-state index >= 15 is 0 Å². The molecule has 0 aromatic carbocycles. The van der Waals surface area contributed by atoms with E-state index in [1.807, 2.05) is 0 Å². The summed E-state index contributed by atoms with van der Waals surface area (Å²) >= 11 is 0. The summed E-state index contributed by atoms with van der Waals surface area (Å²) in [6, 6.07) is 0. The minimum absolute atomic E-state index is 0.635. The number of unbranched alkanes of at least 4 members (excludes halogenated alkanes) is 1. The zero-order chi connectivity index (χ0) is 8.04. The van der Waals surface area contributed by atoms with Crippen molar-refractivity contribution in [3.63, 3.8) is 0 Å². The van der Waals surface area contributed by atoms with Crippen molar-refractivity contribution in [2.75, 3.05) is 0 Å². The normalized spacial score (nSPS) is 16.7. The lowest BCUT2D eigenvalue weighted by molar-refractivity contribution is 0.312. The van der Waals surface area contributed by atoms with Gasteiger partial charge in [-0.3, -0.25) is 0 Å². The van der Waals surface area contributed by atoms with Crippen LogP contribution in [0.15, 0.2) is 0 Å². The highest BCUT2D eigenvalue weighted by atomic mass is 14.2. The molecule has 0 aromatic heterocycles. The fraction of sp³-hybridized carbons (Fsp3) is 1.00. The number of hydrogen-bond donors (Lipinski definition) is 0. The van der Waals surface area contributed by atoms with E-state index in [0.717, 1.165) is 0 Å².